The number of nitrogens with one attached hydrogen (secondary N) is 1. The van der Waals surface area contributed by atoms with Crippen LogP contribution in [0.4, 0.5) is 4.79 Å². The van der Waals surface area contributed by atoms with Gasteiger partial charge < -0.3 is 14.6 Å². The van der Waals surface area contributed by atoms with E-state index in [0.717, 1.165) is 0 Å². The Labute approximate surface area is 142 Å². The largest absolute Gasteiger partial charge is 0.444 e. The second-order valence-corrected chi connectivity index (χ2v) is 6.96. The third kappa shape index (κ3) is 2.65. The summed E-state index contributed by atoms with van der Waals surface area (Å²) in [5.41, 5.74) is -0.873. The summed E-state index contributed by atoms with van der Waals surface area (Å²) in [5.74, 6) is -0.133. The van der Waals surface area contributed by atoms with Crippen LogP contribution in [0, 0.1) is 0 Å². The zero-order valence-corrected chi connectivity index (χ0v) is 14.6. The molecular formula is C15H18BrN3O4. The van der Waals surface area contributed by atoms with Crippen LogP contribution in [0.2, 0.25) is 0 Å². The van der Waals surface area contributed by atoms with Crippen LogP contribution >= 0.6 is 15.9 Å². The molecule has 1 N–H and O–H groups in total. The Balaban J connectivity index is 1.70. The number of urea groups is 1. The number of carbonyl (C=O) groups excluding carboxylic acids is 3. The molecule has 2 fully saturated rings. The van der Waals surface area contributed by atoms with Crippen LogP contribution in [0.25, 0.3) is 0 Å². The van der Waals surface area contributed by atoms with E-state index in [4.69, 9.17) is 4.42 Å². The van der Waals surface area contributed by atoms with Crippen LogP contribution < -0.4 is 5.32 Å². The predicted octanol–water partition coefficient (Wildman–Crippen LogP) is 1.98. The third-order valence-electron chi connectivity index (χ3n) is 4.40. The fourth-order valence-electron chi connectivity index (χ4n) is 3.13. The number of hydrogen-bond donors (Lipinski definition) is 1. The van der Waals surface area contributed by atoms with Gasteiger partial charge in [-0.2, -0.15) is 0 Å². The zero-order chi connectivity index (χ0) is 16.8. The van der Waals surface area contributed by atoms with Crippen LogP contribution in [0.1, 0.15) is 37.2 Å². The van der Waals surface area contributed by atoms with Gasteiger partial charge in [0.25, 0.3) is 11.8 Å². The van der Waals surface area contributed by atoms with E-state index in [0.29, 0.717) is 30.6 Å². The summed E-state index contributed by atoms with van der Waals surface area (Å²) in [6.45, 7) is 4.41. The molecule has 8 heteroatoms. The molecule has 4 amide bonds. The van der Waals surface area contributed by atoms with E-state index in [1.54, 1.807) is 17.0 Å². The number of halogens is 1. The lowest BCUT2D eigenvalue weighted by Crippen LogP contribution is -2.56. The van der Waals surface area contributed by atoms with Gasteiger partial charge in [0.2, 0.25) is 0 Å². The Morgan fingerprint density at radius 1 is 1.30 bits per heavy atom. The average Bonchev–Trinajstić information content (AvgIpc) is 3.02. The molecule has 0 aromatic carbocycles. The van der Waals surface area contributed by atoms with Gasteiger partial charge in [0.1, 0.15) is 5.54 Å². The monoisotopic (exact) mass is 383 g/mol. The second-order valence-electron chi connectivity index (χ2n) is 6.18. The lowest BCUT2D eigenvalue weighted by molar-refractivity contribution is -0.133. The van der Waals surface area contributed by atoms with Gasteiger partial charge in [0, 0.05) is 19.1 Å². The Morgan fingerprint density at radius 3 is 2.43 bits per heavy atom. The smallest absolute Gasteiger partial charge is 0.325 e. The number of rotatable bonds is 2. The van der Waals surface area contributed by atoms with Crippen LogP contribution in [-0.4, -0.2) is 52.3 Å². The number of hydrogen-bond acceptors (Lipinski definition) is 4. The van der Waals surface area contributed by atoms with Gasteiger partial charge in [-0.05, 0) is 54.8 Å². The van der Waals surface area contributed by atoms with Crippen molar-refractivity contribution in [2.75, 3.05) is 13.1 Å². The van der Waals surface area contributed by atoms with E-state index in [2.05, 4.69) is 21.2 Å². The van der Waals surface area contributed by atoms with E-state index in [9.17, 15) is 14.4 Å². The van der Waals surface area contributed by atoms with Crippen molar-refractivity contribution in [2.45, 2.75) is 38.3 Å². The highest BCUT2D eigenvalue weighted by Gasteiger charge is 2.53. The molecule has 2 aliphatic rings. The Bertz CT molecular complexity index is 661. The lowest BCUT2D eigenvalue weighted by Gasteiger charge is -2.37. The zero-order valence-electron chi connectivity index (χ0n) is 13.0. The molecule has 3 rings (SSSR count). The van der Waals surface area contributed by atoms with Crippen molar-refractivity contribution in [2.24, 2.45) is 0 Å². The summed E-state index contributed by atoms with van der Waals surface area (Å²) < 4.78 is 5.78. The second kappa shape index (κ2) is 5.67. The maximum absolute atomic E-state index is 12.6. The quantitative estimate of drug-likeness (QED) is 0.791. The van der Waals surface area contributed by atoms with Crippen molar-refractivity contribution in [3.63, 3.8) is 0 Å². The van der Waals surface area contributed by atoms with E-state index in [1.165, 1.54) is 4.90 Å². The van der Waals surface area contributed by atoms with Gasteiger partial charge in [0.05, 0.1) is 0 Å². The van der Waals surface area contributed by atoms with Crippen molar-refractivity contribution >= 4 is 33.8 Å². The minimum absolute atomic E-state index is 0.179. The highest BCUT2D eigenvalue weighted by molar-refractivity contribution is 9.10. The highest BCUT2D eigenvalue weighted by atomic mass is 79.9. The van der Waals surface area contributed by atoms with Crippen LogP contribution in [-0.2, 0) is 4.79 Å². The van der Waals surface area contributed by atoms with Crippen molar-refractivity contribution < 1.29 is 18.8 Å². The molecule has 0 atom stereocenters. The van der Waals surface area contributed by atoms with Gasteiger partial charge in [-0.3, -0.25) is 14.5 Å². The fourth-order valence-corrected chi connectivity index (χ4v) is 3.43. The average molecular weight is 384 g/mol. The van der Waals surface area contributed by atoms with Gasteiger partial charge in [-0.25, -0.2) is 4.79 Å². The minimum atomic E-state index is -0.873. The molecule has 1 aromatic rings. The Kier molecular flexibility index (Phi) is 3.95. The Morgan fingerprint density at radius 2 is 1.96 bits per heavy atom. The van der Waals surface area contributed by atoms with E-state index in [-0.39, 0.29) is 29.6 Å². The van der Waals surface area contributed by atoms with Crippen molar-refractivity contribution in [3.05, 3.63) is 22.6 Å². The molecule has 2 saturated heterocycles. The SMILES string of the molecule is CC(C)N1C(=O)NC2(CCN(C(=O)c3ccc(Br)o3)CC2)C1=O. The lowest BCUT2D eigenvalue weighted by atomic mass is 9.87. The molecule has 0 radical (unpaired) electrons. The van der Waals surface area contributed by atoms with Crippen molar-refractivity contribution in [1.82, 2.24) is 15.1 Å². The van der Waals surface area contributed by atoms with Gasteiger partial charge in [0.15, 0.2) is 10.4 Å². The summed E-state index contributed by atoms with van der Waals surface area (Å²) in [6.07, 6.45) is 0.822. The first kappa shape index (κ1) is 16.0. The molecule has 0 aliphatic carbocycles. The normalized spacial score (nSPS) is 20.5. The summed E-state index contributed by atoms with van der Waals surface area (Å²) in [7, 11) is 0. The maximum Gasteiger partial charge on any atom is 0.325 e. The van der Waals surface area contributed by atoms with Crippen LogP contribution in [0.3, 0.4) is 0 Å². The Hall–Kier alpha value is -1.83. The standard InChI is InChI=1S/C15H18BrN3O4/c1-9(2)19-13(21)15(17-14(19)22)5-7-18(8-6-15)12(20)10-3-4-11(16)23-10/h3-4,9H,5-8H2,1-2H3,(H,17,22). The molecule has 1 spiro atoms. The summed E-state index contributed by atoms with van der Waals surface area (Å²) in [4.78, 5) is 39.9. The van der Waals surface area contributed by atoms with Gasteiger partial charge in [-0.1, -0.05) is 0 Å². The van der Waals surface area contributed by atoms with Crippen molar-refractivity contribution in [3.8, 4) is 0 Å². The number of amides is 4. The molecule has 124 valence electrons. The number of imide groups is 1. The molecule has 0 bridgehead atoms. The van der Waals surface area contributed by atoms with Crippen LogP contribution in [0.15, 0.2) is 21.2 Å². The number of furan rings is 1. The first-order valence-corrected chi connectivity index (χ1v) is 8.34. The maximum atomic E-state index is 12.6. The third-order valence-corrected chi connectivity index (χ3v) is 4.82. The first-order valence-electron chi connectivity index (χ1n) is 7.54. The van der Waals surface area contributed by atoms with Crippen LogP contribution in [0.5, 0.6) is 0 Å². The number of nitrogens with zero attached hydrogens (tertiary/aromatic N) is 2. The highest BCUT2D eigenvalue weighted by Crippen LogP contribution is 2.31. The molecule has 0 unspecified atom stereocenters. The topological polar surface area (TPSA) is 82.9 Å². The minimum Gasteiger partial charge on any atom is -0.444 e. The van der Waals surface area contributed by atoms with E-state index >= 15 is 0 Å². The number of carbonyl (C=O) groups is 3. The molecule has 7 nitrogen and oxygen atoms in total. The van der Waals surface area contributed by atoms with Gasteiger partial charge >= 0.3 is 6.03 Å². The first-order chi connectivity index (χ1) is 10.8. The molecule has 3 heterocycles. The molecule has 23 heavy (non-hydrogen) atoms. The van der Waals surface area contributed by atoms with Crippen molar-refractivity contribution in [1.29, 1.82) is 0 Å². The molecule has 1 aromatic heterocycles. The predicted molar refractivity (Wildman–Crippen MR) is 84.8 cm³/mol. The molecule has 2 aliphatic heterocycles. The summed E-state index contributed by atoms with van der Waals surface area (Å²) >= 11 is 3.17. The van der Waals surface area contributed by atoms with Gasteiger partial charge in [-0.15, -0.1) is 0 Å². The van der Waals surface area contributed by atoms with E-state index < -0.39 is 5.54 Å². The summed E-state index contributed by atoms with van der Waals surface area (Å²) in [6, 6.07) is 2.75. The van der Waals surface area contributed by atoms with E-state index in [1.807, 2.05) is 13.8 Å². The number of likely N-dealkylation sites (tertiary alicyclic amines) is 1. The molecule has 0 saturated carbocycles. The fraction of sp³-hybridized carbons (Fsp3) is 0.533. The molecular weight excluding hydrogens is 366 g/mol. The summed E-state index contributed by atoms with van der Waals surface area (Å²) in [5, 5.41) is 2.82. The number of piperidine rings is 1.